The second-order valence-corrected chi connectivity index (χ2v) is 5.38. The second kappa shape index (κ2) is 6.76. The van der Waals surface area contributed by atoms with Crippen molar-refractivity contribution in [2.24, 2.45) is 5.73 Å². The molecular formula is C8H17NO5S. The van der Waals surface area contributed by atoms with E-state index in [1.54, 1.807) is 0 Å². The summed E-state index contributed by atoms with van der Waals surface area (Å²) in [5.41, 5.74) is 5.49. The van der Waals surface area contributed by atoms with Crippen LogP contribution in [0.2, 0.25) is 0 Å². The van der Waals surface area contributed by atoms with Crippen molar-refractivity contribution in [3.05, 3.63) is 0 Å². The van der Waals surface area contributed by atoms with E-state index in [0.717, 1.165) is 0 Å². The Balaban J connectivity index is 4.02. The Labute approximate surface area is 89.6 Å². The monoisotopic (exact) mass is 239 g/mol. The Kier molecular flexibility index (Phi) is 6.46. The van der Waals surface area contributed by atoms with Crippen molar-refractivity contribution < 1.29 is 22.7 Å². The molecule has 0 heterocycles. The molecule has 2 N–H and O–H groups in total. The summed E-state index contributed by atoms with van der Waals surface area (Å²) in [6.07, 6.45) is -0.140. The smallest absolute Gasteiger partial charge is 0.306 e. The number of carbonyl (C=O) groups excluding carboxylic acids is 1. The van der Waals surface area contributed by atoms with Gasteiger partial charge in [0.1, 0.15) is 0 Å². The first-order chi connectivity index (χ1) is 6.91. The molecule has 0 aliphatic heterocycles. The molecule has 6 nitrogen and oxygen atoms in total. The zero-order valence-electron chi connectivity index (χ0n) is 8.93. The van der Waals surface area contributed by atoms with Crippen LogP contribution in [0.5, 0.6) is 0 Å². The van der Waals surface area contributed by atoms with Gasteiger partial charge in [-0.15, -0.1) is 0 Å². The fourth-order valence-electron chi connectivity index (χ4n) is 1.01. The molecule has 7 heteroatoms. The van der Waals surface area contributed by atoms with E-state index in [1.165, 1.54) is 14.2 Å². The van der Waals surface area contributed by atoms with Gasteiger partial charge in [-0.25, -0.2) is 8.42 Å². The Morgan fingerprint density at radius 2 is 2.00 bits per heavy atom. The number of carbonyl (C=O) groups is 1. The Hall–Kier alpha value is -0.660. The van der Waals surface area contributed by atoms with Crippen LogP contribution in [0, 0.1) is 0 Å². The molecule has 0 aromatic rings. The molecule has 0 spiro atoms. The predicted molar refractivity (Wildman–Crippen MR) is 55.1 cm³/mol. The van der Waals surface area contributed by atoms with Crippen molar-refractivity contribution in [3.8, 4) is 0 Å². The van der Waals surface area contributed by atoms with Crippen LogP contribution in [-0.4, -0.2) is 52.8 Å². The lowest BCUT2D eigenvalue weighted by atomic mass is 10.4. The van der Waals surface area contributed by atoms with E-state index in [0.29, 0.717) is 0 Å². The number of ether oxygens (including phenoxy) is 2. The summed E-state index contributed by atoms with van der Waals surface area (Å²) in [7, 11) is -0.655. The standard InChI is InChI=1S/C8H17NO5S/c1-13-5-7(9)6-15(11,12)4-3-8(10)14-2/h7H,3-6,9H2,1-2H3. The van der Waals surface area contributed by atoms with Crippen LogP contribution in [-0.2, 0) is 24.1 Å². The quantitative estimate of drug-likeness (QED) is 0.569. The van der Waals surface area contributed by atoms with Gasteiger partial charge in [0.05, 0.1) is 31.6 Å². The highest BCUT2D eigenvalue weighted by molar-refractivity contribution is 7.91. The third-order valence-corrected chi connectivity index (χ3v) is 3.46. The zero-order chi connectivity index (χ0) is 11.9. The first-order valence-electron chi connectivity index (χ1n) is 4.43. The summed E-state index contributed by atoms with van der Waals surface area (Å²) in [4.78, 5) is 10.7. The van der Waals surface area contributed by atoms with Crippen molar-refractivity contribution in [2.45, 2.75) is 12.5 Å². The summed E-state index contributed by atoms with van der Waals surface area (Å²) < 4.78 is 31.8. The third kappa shape index (κ3) is 7.29. The van der Waals surface area contributed by atoms with Gasteiger partial charge >= 0.3 is 5.97 Å². The summed E-state index contributed by atoms with van der Waals surface area (Å²) in [6, 6.07) is -0.558. The van der Waals surface area contributed by atoms with Gasteiger partial charge in [-0.05, 0) is 0 Å². The van der Waals surface area contributed by atoms with E-state index < -0.39 is 21.8 Å². The van der Waals surface area contributed by atoms with Crippen LogP contribution in [0.15, 0.2) is 0 Å². The minimum absolute atomic E-state index is 0.140. The largest absolute Gasteiger partial charge is 0.469 e. The molecule has 0 aromatic heterocycles. The van der Waals surface area contributed by atoms with Crippen LogP contribution in [0.1, 0.15) is 6.42 Å². The van der Waals surface area contributed by atoms with Crippen LogP contribution < -0.4 is 5.73 Å². The molecule has 0 aliphatic carbocycles. The minimum atomic E-state index is -3.31. The summed E-state index contributed by atoms with van der Waals surface area (Å²) in [5, 5.41) is 0. The normalized spacial score (nSPS) is 13.5. The predicted octanol–water partition coefficient (Wildman–Crippen LogP) is -1.06. The van der Waals surface area contributed by atoms with E-state index in [1.807, 2.05) is 0 Å². The topological polar surface area (TPSA) is 95.7 Å². The van der Waals surface area contributed by atoms with Gasteiger partial charge in [0.2, 0.25) is 0 Å². The van der Waals surface area contributed by atoms with Crippen LogP contribution in [0.3, 0.4) is 0 Å². The average molecular weight is 239 g/mol. The van der Waals surface area contributed by atoms with Crippen molar-refractivity contribution in [3.63, 3.8) is 0 Å². The second-order valence-electron chi connectivity index (χ2n) is 3.16. The molecule has 0 saturated carbocycles. The molecular weight excluding hydrogens is 222 g/mol. The molecule has 0 radical (unpaired) electrons. The van der Waals surface area contributed by atoms with E-state index in [2.05, 4.69) is 4.74 Å². The first-order valence-corrected chi connectivity index (χ1v) is 6.25. The fourth-order valence-corrected chi connectivity index (χ4v) is 2.41. The molecule has 1 atom stereocenters. The zero-order valence-corrected chi connectivity index (χ0v) is 9.75. The van der Waals surface area contributed by atoms with Gasteiger partial charge in [-0.1, -0.05) is 0 Å². The number of esters is 1. The summed E-state index contributed by atoms with van der Waals surface area (Å²) in [5.74, 6) is -0.964. The maximum Gasteiger partial charge on any atom is 0.306 e. The first kappa shape index (κ1) is 14.3. The molecule has 0 amide bonds. The average Bonchev–Trinajstić information content (AvgIpc) is 2.13. The molecule has 0 rings (SSSR count). The van der Waals surface area contributed by atoms with Crippen molar-refractivity contribution >= 4 is 15.8 Å². The maximum atomic E-state index is 11.4. The lowest BCUT2D eigenvalue weighted by Gasteiger charge is -2.10. The Morgan fingerprint density at radius 1 is 1.40 bits per heavy atom. The van der Waals surface area contributed by atoms with Crippen LogP contribution >= 0.6 is 0 Å². The number of rotatable bonds is 7. The van der Waals surface area contributed by atoms with Gasteiger partial charge < -0.3 is 15.2 Å². The van der Waals surface area contributed by atoms with E-state index in [-0.39, 0.29) is 24.5 Å². The molecule has 0 aromatic carbocycles. The summed E-state index contributed by atoms with van der Waals surface area (Å²) in [6.45, 7) is 0.178. The lowest BCUT2D eigenvalue weighted by Crippen LogP contribution is -2.35. The highest BCUT2D eigenvalue weighted by Gasteiger charge is 2.17. The maximum absolute atomic E-state index is 11.4. The van der Waals surface area contributed by atoms with E-state index in [4.69, 9.17) is 10.5 Å². The molecule has 0 bridgehead atoms. The molecule has 0 saturated heterocycles. The summed E-state index contributed by atoms with van der Waals surface area (Å²) >= 11 is 0. The molecule has 0 fully saturated rings. The van der Waals surface area contributed by atoms with Gasteiger partial charge in [0, 0.05) is 13.2 Å². The Morgan fingerprint density at radius 3 is 2.47 bits per heavy atom. The highest BCUT2D eigenvalue weighted by Crippen LogP contribution is 1.98. The van der Waals surface area contributed by atoms with Gasteiger partial charge in [-0.2, -0.15) is 0 Å². The van der Waals surface area contributed by atoms with Crippen LogP contribution in [0.4, 0.5) is 0 Å². The van der Waals surface area contributed by atoms with Gasteiger partial charge in [0.15, 0.2) is 9.84 Å². The molecule has 0 aliphatic rings. The van der Waals surface area contributed by atoms with Crippen molar-refractivity contribution in [1.82, 2.24) is 0 Å². The SMILES string of the molecule is COCC(N)CS(=O)(=O)CCC(=O)OC. The van der Waals surface area contributed by atoms with Crippen molar-refractivity contribution in [2.75, 3.05) is 32.3 Å². The molecule has 15 heavy (non-hydrogen) atoms. The number of hydrogen-bond acceptors (Lipinski definition) is 6. The number of nitrogens with two attached hydrogens (primary N) is 1. The number of hydrogen-bond donors (Lipinski definition) is 1. The lowest BCUT2D eigenvalue weighted by molar-refractivity contribution is -0.140. The van der Waals surface area contributed by atoms with E-state index in [9.17, 15) is 13.2 Å². The molecule has 1 unspecified atom stereocenters. The fraction of sp³-hybridized carbons (Fsp3) is 0.875. The number of sulfone groups is 1. The van der Waals surface area contributed by atoms with Gasteiger partial charge in [0.25, 0.3) is 0 Å². The Bertz CT molecular complexity index is 287. The van der Waals surface area contributed by atoms with E-state index >= 15 is 0 Å². The van der Waals surface area contributed by atoms with Crippen molar-refractivity contribution in [1.29, 1.82) is 0 Å². The van der Waals surface area contributed by atoms with Gasteiger partial charge in [-0.3, -0.25) is 4.79 Å². The third-order valence-electron chi connectivity index (χ3n) is 1.69. The highest BCUT2D eigenvalue weighted by atomic mass is 32.2. The molecule has 90 valence electrons. The minimum Gasteiger partial charge on any atom is -0.469 e. The number of methoxy groups -OCH3 is 2. The van der Waals surface area contributed by atoms with Crippen LogP contribution in [0.25, 0.3) is 0 Å².